The molecule has 1 aliphatic rings. The monoisotopic (exact) mass is 728 g/mol. The van der Waals surface area contributed by atoms with Crippen molar-refractivity contribution in [1.29, 1.82) is 5.26 Å². The summed E-state index contributed by atoms with van der Waals surface area (Å²) < 4.78 is 0. The number of aromatic nitrogens is 3. The molecule has 0 radical (unpaired) electrons. The predicted octanol–water partition coefficient (Wildman–Crippen LogP) is 13.2. The van der Waals surface area contributed by atoms with Crippen molar-refractivity contribution in [3.8, 4) is 84.5 Å². The van der Waals surface area contributed by atoms with Gasteiger partial charge in [0.25, 0.3) is 0 Å². The number of fused-ring (bicyclic) bond motifs is 5. The molecule has 2 heterocycles. The zero-order valence-electron chi connectivity index (χ0n) is 31.6. The highest BCUT2D eigenvalue weighted by atomic mass is 14.9. The van der Waals surface area contributed by atoms with Gasteiger partial charge in [0.1, 0.15) is 0 Å². The summed E-state index contributed by atoms with van der Waals surface area (Å²) >= 11 is 0. The molecule has 9 aromatic rings. The fraction of sp³-hybridized carbons (Fsp3) is 0.0566. The second kappa shape index (κ2) is 13.7. The number of nitrogens with zero attached hydrogens (tertiary/aromatic N) is 4. The van der Waals surface area contributed by atoms with E-state index in [-0.39, 0.29) is 5.41 Å². The van der Waals surface area contributed by atoms with Crippen molar-refractivity contribution in [3.63, 3.8) is 0 Å². The Morgan fingerprint density at radius 3 is 1.79 bits per heavy atom. The van der Waals surface area contributed by atoms with Crippen LogP contribution in [0.25, 0.3) is 89.2 Å². The Balaban J connectivity index is 1.13. The second-order valence-corrected chi connectivity index (χ2v) is 15.2. The largest absolute Gasteiger partial charge is 0.264 e. The topological polar surface area (TPSA) is 62.5 Å². The van der Waals surface area contributed by atoms with Crippen LogP contribution in [0.4, 0.5) is 0 Å². The number of hydrogen-bond acceptors (Lipinski definition) is 4. The molecule has 7 aromatic carbocycles. The van der Waals surface area contributed by atoms with Crippen LogP contribution in [0.2, 0.25) is 0 Å². The van der Waals surface area contributed by atoms with Gasteiger partial charge in [0.05, 0.1) is 23.0 Å². The molecule has 0 unspecified atom stereocenters. The van der Waals surface area contributed by atoms with E-state index in [1.165, 1.54) is 27.8 Å². The van der Waals surface area contributed by atoms with Crippen LogP contribution in [-0.2, 0) is 5.41 Å². The molecule has 0 spiro atoms. The standard InChI is InChI=1S/C53H36N4/c1-53(2)48-30-40(22-23-45(48)46-24-21-37-16-15-34(32-54)26-47(37)51(46)53)42-27-43(41-14-9-25-55-33-41)29-44(28-42)50-31-49(56-52(57-50)39-12-7-4-8-13-39)38-19-17-36(18-20-38)35-10-5-3-6-11-35/h3-31,33H,1-2H3. The molecular formula is C53H36N4. The molecule has 0 fully saturated rings. The Hall–Kier alpha value is -7.48. The van der Waals surface area contributed by atoms with Gasteiger partial charge in [-0.1, -0.05) is 135 Å². The van der Waals surface area contributed by atoms with Crippen molar-refractivity contribution in [2.45, 2.75) is 19.3 Å². The normalized spacial score (nSPS) is 12.5. The smallest absolute Gasteiger partial charge is 0.160 e. The lowest BCUT2D eigenvalue weighted by Crippen LogP contribution is -2.15. The van der Waals surface area contributed by atoms with E-state index < -0.39 is 0 Å². The zero-order valence-corrected chi connectivity index (χ0v) is 31.6. The molecule has 10 rings (SSSR count). The van der Waals surface area contributed by atoms with Gasteiger partial charge in [-0.15, -0.1) is 0 Å². The summed E-state index contributed by atoms with van der Waals surface area (Å²) in [6.45, 7) is 4.61. The summed E-state index contributed by atoms with van der Waals surface area (Å²) in [5, 5.41) is 12.0. The first-order valence-electron chi connectivity index (χ1n) is 19.2. The SMILES string of the molecule is CC1(C)c2cc(-c3cc(-c4cccnc4)cc(-c4cc(-c5ccc(-c6ccccc6)cc5)nc(-c5ccccc5)n4)c3)ccc2-c2ccc3ccc(C#N)cc3c21. The highest BCUT2D eigenvalue weighted by Crippen LogP contribution is 2.52. The molecule has 268 valence electrons. The van der Waals surface area contributed by atoms with E-state index in [2.05, 4.69) is 152 Å². The Bertz CT molecular complexity index is 3020. The zero-order chi connectivity index (χ0) is 38.5. The summed E-state index contributed by atoms with van der Waals surface area (Å²) in [4.78, 5) is 14.9. The van der Waals surface area contributed by atoms with Crippen LogP contribution in [0.1, 0.15) is 30.5 Å². The lowest BCUT2D eigenvalue weighted by molar-refractivity contribution is 0.666. The van der Waals surface area contributed by atoms with E-state index in [0.717, 1.165) is 66.7 Å². The molecule has 0 N–H and O–H groups in total. The van der Waals surface area contributed by atoms with Gasteiger partial charge in [-0.2, -0.15) is 5.26 Å². The third-order valence-electron chi connectivity index (χ3n) is 11.4. The van der Waals surface area contributed by atoms with Crippen LogP contribution in [0.15, 0.2) is 182 Å². The third-order valence-corrected chi connectivity index (χ3v) is 11.4. The minimum absolute atomic E-state index is 0.278. The third kappa shape index (κ3) is 6.07. The molecule has 0 aliphatic heterocycles. The minimum Gasteiger partial charge on any atom is -0.264 e. The van der Waals surface area contributed by atoms with Gasteiger partial charge in [0.2, 0.25) is 0 Å². The fourth-order valence-electron chi connectivity index (χ4n) is 8.46. The molecule has 2 aromatic heterocycles. The average Bonchev–Trinajstić information content (AvgIpc) is 3.52. The van der Waals surface area contributed by atoms with Gasteiger partial charge < -0.3 is 0 Å². The van der Waals surface area contributed by atoms with Gasteiger partial charge in [0, 0.05) is 40.1 Å². The van der Waals surface area contributed by atoms with Crippen LogP contribution in [0, 0.1) is 11.3 Å². The van der Waals surface area contributed by atoms with E-state index >= 15 is 0 Å². The predicted molar refractivity (Wildman–Crippen MR) is 232 cm³/mol. The van der Waals surface area contributed by atoms with Crippen molar-refractivity contribution >= 4 is 10.8 Å². The highest BCUT2D eigenvalue weighted by Gasteiger charge is 2.37. The average molecular weight is 729 g/mol. The molecular weight excluding hydrogens is 693 g/mol. The Kier molecular flexibility index (Phi) is 8.17. The van der Waals surface area contributed by atoms with Crippen molar-refractivity contribution in [1.82, 2.24) is 15.0 Å². The highest BCUT2D eigenvalue weighted by molar-refractivity contribution is 5.98. The van der Waals surface area contributed by atoms with Crippen LogP contribution >= 0.6 is 0 Å². The maximum absolute atomic E-state index is 9.75. The Morgan fingerprint density at radius 1 is 0.474 bits per heavy atom. The van der Waals surface area contributed by atoms with E-state index in [1.807, 2.05) is 54.9 Å². The number of benzene rings is 7. The number of hydrogen-bond donors (Lipinski definition) is 0. The van der Waals surface area contributed by atoms with E-state index in [1.54, 1.807) is 0 Å². The van der Waals surface area contributed by atoms with Crippen LogP contribution in [0.3, 0.4) is 0 Å². The first-order chi connectivity index (χ1) is 27.9. The van der Waals surface area contributed by atoms with E-state index in [0.29, 0.717) is 11.4 Å². The first kappa shape index (κ1) is 34.0. The van der Waals surface area contributed by atoms with Crippen LogP contribution < -0.4 is 0 Å². The van der Waals surface area contributed by atoms with Gasteiger partial charge >= 0.3 is 0 Å². The summed E-state index contributed by atoms with van der Waals surface area (Å²) in [6.07, 6.45) is 3.73. The van der Waals surface area contributed by atoms with Gasteiger partial charge in [-0.05, 0) is 109 Å². The molecule has 0 saturated heterocycles. The van der Waals surface area contributed by atoms with Crippen LogP contribution in [-0.4, -0.2) is 15.0 Å². The van der Waals surface area contributed by atoms with Crippen molar-refractivity contribution in [3.05, 3.63) is 199 Å². The molecule has 0 bridgehead atoms. The molecule has 0 amide bonds. The molecule has 0 saturated carbocycles. The molecule has 0 atom stereocenters. The second-order valence-electron chi connectivity index (χ2n) is 15.2. The van der Waals surface area contributed by atoms with E-state index in [4.69, 9.17) is 9.97 Å². The summed E-state index contributed by atoms with van der Waals surface area (Å²) in [6, 6.07) is 61.8. The molecule has 4 heteroatoms. The van der Waals surface area contributed by atoms with Gasteiger partial charge in [-0.25, -0.2) is 9.97 Å². The molecule has 4 nitrogen and oxygen atoms in total. The van der Waals surface area contributed by atoms with Crippen molar-refractivity contribution < 1.29 is 0 Å². The molecule has 57 heavy (non-hydrogen) atoms. The molecule has 1 aliphatic carbocycles. The van der Waals surface area contributed by atoms with Crippen LogP contribution in [0.5, 0.6) is 0 Å². The lowest BCUT2D eigenvalue weighted by atomic mass is 9.79. The van der Waals surface area contributed by atoms with Crippen molar-refractivity contribution in [2.24, 2.45) is 0 Å². The maximum atomic E-state index is 9.75. The number of nitriles is 1. The lowest BCUT2D eigenvalue weighted by Gasteiger charge is -2.24. The van der Waals surface area contributed by atoms with Gasteiger partial charge in [-0.3, -0.25) is 4.98 Å². The minimum atomic E-state index is -0.278. The number of pyridine rings is 1. The maximum Gasteiger partial charge on any atom is 0.160 e. The quantitative estimate of drug-likeness (QED) is 0.171. The fourth-order valence-corrected chi connectivity index (χ4v) is 8.46. The summed E-state index contributed by atoms with van der Waals surface area (Å²) in [5.41, 5.74) is 16.7. The summed E-state index contributed by atoms with van der Waals surface area (Å²) in [5.74, 6) is 0.674. The van der Waals surface area contributed by atoms with E-state index in [9.17, 15) is 5.26 Å². The van der Waals surface area contributed by atoms with Crippen molar-refractivity contribution in [2.75, 3.05) is 0 Å². The van der Waals surface area contributed by atoms with Gasteiger partial charge in [0.15, 0.2) is 5.82 Å². The Morgan fingerprint density at radius 2 is 1.07 bits per heavy atom. The summed E-state index contributed by atoms with van der Waals surface area (Å²) in [7, 11) is 0. The first-order valence-corrected chi connectivity index (χ1v) is 19.2. The Labute approximate surface area is 332 Å². The number of rotatable bonds is 6.